The van der Waals surface area contributed by atoms with E-state index in [1.54, 1.807) is 24.4 Å². The molecular formula is C30H28N4O4S. The van der Waals surface area contributed by atoms with Crippen LogP contribution in [0.4, 0.5) is 5.69 Å². The number of amides is 1. The van der Waals surface area contributed by atoms with Gasteiger partial charge in [0.2, 0.25) is 5.91 Å². The summed E-state index contributed by atoms with van der Waals surface area (Å²) >= 11 is 5.71. The molecular weight excluding hydrogens is 512 g/mol. The number of nitrogens with one attached hydrogen (secondary N) is 2. The summed E-state index contributed by atoms with van der Waals surface area (Å²) in [4.78, 5) is 30.7. The van der Waals surface area contributed by atoms with Crippen LogP contribution in [0.5, 0.6) is 0 Å². The molecule has 9 heteroatoms. The Bertz CT molecular complexity index is 1530. The Hall–Kier alpha value is -4.50. The van der Waals surface area contributed by atoms with Gasteiger partial charge >= 0.3 is 5.97 Å². The number of pyridine rings is 1. The third kappa shape index (κ3) is 5.68. The first-order valence-electron chi connectivity index (χ1n) is 12.6. The molecule has 198 valence electrons. The highest BCUT2D eigenvalue weighted by atomic mass is 32.1. The van der Waals surface area contributed by atoms with Gasteiger partial charge in [0.25, 0.3) is 0 Å². The lowest BCUT2D eigenvalue weighted by Gasteiger charge is -2.26. The second-order valence-electron chi connectivity index (χ2n) is 9.52. The summed E-state index contributed by atoms with van der Waals surface area (Å²) in [6.07, 6.45) is 1.96. The minimum Gasteiger partial charge on any atom is -0.478 e. The van der Waals surface area contributed by atoms with Gasteiger partial charge in [0, 0.05) is 30.4 Å². The van der Waals surface area contributed by atoms with Crippen molar-refractivity contribution in [2.75, 3.05) is 11.9 Å². The molecule has 4 aromatic rings. The Kier molecular flexibility index (Phi) is 7.42. The molecule has 2 aromatic heterocycles. The first-order valence-corrected chi connectivity index (χ1v) is 13.0. The third-order valence-corrected chi connectivity index (χ3v) is 7.09. The maximum Gasteiger partial charge on any atom is 0.335 e. The summed E-state index contributed by atoms with van der Waals surface area (Å²) < 4.78 is 6.36. The second kappa shape index (κ2) is 11.1. The van der Waals surface area contributed by atoms with Crippen LogP contribution >= 0.6 is 12.2 Å². The predicted molar refractivity (Wildman–Crippen MR) is 152 cm³/mol. The van der Waals surface area contributed by atoms with E-state index in [2.05, 4.69) is 15.6 Å². The van der Waals surface area contributed by atoms with Gasteiger partial charge in [-0.1, -0.05) is 24.3 Å². The van der Waals surface area contributed by atoms with Crippen molar-refractivity contribution in [3.8, 4) is 11.3 Å². The lowest BCUT2D eigenvalue weighted by molar-refractivity contribution is -0.116. The van der Waals surface area contributed by atoms with Gasteiger partial charge in [-0.05, 0) is 85.7 Å². The standard InChI is InChI=1S/C30H28N4O4S/c1-18-6-5-7-21(16-18)32-26(35)13-15-34-28(27(33-30(34)39)23-8-3-4-14-31-23)25-12-11-24(38-25)22-10-9-20(29(36)37)17-19(22)2/h3-12,14,16-17,27-28H,13,15H2,1-2H3,(H,32,35)(H,33,39)(H,36,37)/t27-,28+/m0/s1. The number of carbonyl (C=O) groups is 2. The molecule has 3 N–H and O–H groups in total. The molecule has 0 radical (unpaired) electrons. The minimum atomic E-state index is -0.976. The Balaban J connectivity index is 1.41. The van der Waals surface area contributed by atoms with Crippen LogP contribution in [-0.2, 0) is 4.79 Å². The number of aromatic carboxylic acids is 1. The van der Waals surface area contributed by atoms with Crippen molar-refractivity contribution in [1.82, 2.24) is 15.2 Å². The molecule has 0 unspecified atom stereocenters. The normalized spacial score (nSPS) is 16.7. The second-order valence-corrected chi connectivity index (χ2v) is 9.91. The van der Waals surface area contributed by atoms with Crippen LogP contribution in [0.2, 0.25) is 0 Å². The number of aromatic nitrogens is 1. The van der Waals surface area contributed by atoms with Gasteiger partial charge in [0.15, 0.2) is 5.11 Å². The van der Waals surface area contributed by atoms with E-state index in [9.17, 15) is 14.7 Å². The minimum absolute atomic E-state index is 0.113. The van der Waals surface area contributed by atoms with E-state index in [0.717, 1.165) is 28.1 Å². The van der Waals surface area contributed by atoms with Gasteiger partial charge in [-0.2, -0.15) is 0 Å². The van der Waals surface area contributed by atoms with Crippen LogP contribution in [0.1, 0.15) is 51.4 Å². The van der Waals surface area contributed by atoms with Crippen LogP contribution in [0.3, 0.4) is 0 Å². The highest BCUT2D eigenvalue weighted by molar-refractivity contribution is 7.80. The maximum absolute atomic E-state index is 12.8. The zero-order chi connectivity index (χ0) is 27.5. The number of aryl methyl sites for hydroxylation is 2. The molecule has 2 aromatic carbocycles. The van der Waals surface area contributed by atoms with Crippen molar-refractivity contribution >= 4 is 34.9 Å². The monoisotopic (exact) mass is 540 g/mol. The fraction of sp³-hybridized carbons (Fsp3) is 0.200. The maximum atomic E-state index is 12.8. The lowest BCUT2D eigenvalue weighted by atomic mass is 10.0. The molecule has 39 heavy (non-hydrogen) atoms. The smallest absolute Gasteiger partial charge is 0.335 e. The molecule has 0 aliphatic carbocycles. The van der Waals surface area contributed by atoms with Gasteiger partial charge in [-0.3, -0.25) is 9.78 Å². The van der Waals surface area contributed by atoms with Crippen LogP contribution in [0, 0.1) is 13.8 Å². The summed E-state index contributed by atoms with van der Waals surface area (Å²) in [5, 5.41) is 16.1. The average Bonchev–Trinajstić information content (AvgIpc) is 3.52. The average molecular weight is 541 g/mol. The van der Waals surface area contributed by atoms with E-state index in [0.29, 0.717) is 23.2 Å². The number of thiocarbonyl (C=S) groups is 1. The number of furan rings is 1. The molecule has 1 fully saturated rings. The number of carboxylic acid groups (broad SMARTS) is 1. The van der Waals surface area contributed by atoms with E-state index in [4.69, 9.17) is 16.6 Å². The number of hydrogen-bond donors (Lipinski definition) is 3. The topological polar surface area (TPSA) is 108 Å². The van der Waals surface area contributed by atoms with E-state index in [1.807, 2.05) is 73.3 Å². The fourth-order valence-corrected chi connectivity index (χ4v) is 5.19. The quantitative estimate of drug-likeness (QED) is 0.246. The highest BCUT2D eigenvalue weighted by Crippen LogP contribution is 2.41. The van der Waals surface area contributed by atoms with Gasteiger partial charge in [0.1, 0.15) is 17.6 Å². The van der Waals surface area contributed by atoms with E-state index in [1.165, 1.54) is 0 Å². The Morgan fingerprint density at radius 3 is 2.64 bits per heavy atom. The zero-order valence-corrected chi connectivity index (χ0v) is 22.4. The lowest BCUT2D eigenvalue weighted by Crippen LogP contribution is -2.32. The molecule has 1 saturated heterocycles. The largest absolute Gasteiger partial charge is 0.478 e. The van der Waals surface area contributed by atoms with E-state index < -0.39 is 5.97 Å². The fourth-order valence-electron chi connectivity index (χ4n) is 4.85. The number of benzene rings is 2. The van der Waals surface area contributed by atoms with Gasteiger partial charge in [0.05, 0.1) is 17.3 Å². The molecule has 1 aliphatic heterocycles. The number of carboxylic acids is 1. The van der Waals surface area contributed by atoms with Crippen molar-refractivity contribution < 1.29 is 19.1 Å². The number of carbonyl (C=O) groups excluding carboxylic acids is 1. The SMILES string of the molecule is Cc1cccc(NC(=O)CCN2C(=S)N[C@@H](c3ccccn3)[C@H]2c2ccc(-c3ccc(C(=O)O)cc3C)o2)c1. The molecule has 1 aliphatic rings. The number of rotatable bonds is 8. The summed E-state index contributed by atoms with van der Waals surface area (Å²) in [6.45, 7) is 4.21. The van der Waals surface area contributed by atoms with Gasteiger partial charge in [-0.25, -0.2) is 4.79 Å². The number of anilines is 1. The van der Waals surface area contributed by atoms with Crippen LogP contribution in [-0.4, -0.2) is 38.5 Å². The molecule has 1 amide bonds. The van der Waals surface area contributed by atoms with Gasteiger partial charge in [-0.15, -0.1) is 0 Å². The third-order valence-electron chi connectivity index (χ3n) is 6.74. The van der Waals surface area contributed by atoms with Crippen LogP contribution in [0.15, 0.2) is 83.4 Å². The molecule has 2 atom stereocenters. The summed E-state index contributed by atoms with van der Waals surface area (Å²) in [5.74, 6) is 0.191. The van der Waals surface area contributed by atoms with Gasteiger partial charge < -0.3 is 25.1 Å². The van der Waals surface area contributed by atoms with Crippen molar-refractivity contribution in [1.29, 1.82) is 0 Å². The predicted octanol–water partition coefficient (Wildman–Crippen LogP) is 5.66. The summed E-state index contributed by atoms with van der Waals surface area (Å²) in [6, 6.07) is 21.5. The zero-order valence-electron chi connectivity index (χ0n) is 21.5. The Morgan fingerprint density at radius 1 is 1.08 bits per heavy atom. The van der Waals surface area contributed by atoms with Crippen molar-refractivity contribution in [3.05, 3.63) is 107 Å². The summed E-state index contributed by atoms with van der Waals surface area (Å²) in [7, 11) is 0. The number of hydrogen-bond acceptors (Lipinski definition) is 5. The Morgan fingerprint density at radius 2 is 1.92 bits per heavy atom. The first kappa shape index (κ1) is 26.1. The molecule has 3 heterocycles. The molecule has 8 nitrogen and oxygen atoms in total. The molecule has 0 bridgehead atoms. The first-order chi connectivity index (χ1) is 18.8. The van der Waals surface area contributed by atoms with Crippen molar-refractivity contribution in [2.24, 2.45) is 0 Å². The summed E-state index contributed by atoms with van der Waals surface area (Å²) in [5.41, 5.74) is 4.44. The van der Waals surface area contributed by atoms with E-state index >= 15 is 0 Å². The highest BCUT2D eigenvalue weighted by Gasteiger charge is 2.41. The number of nitrogens with zero attached hydrogens (tertiary/aromatic N) is 2. The van der Waals surface area contributed by atoms with Crippen molar-refractivity contribution in [3.63, 3.8) is 0 Å². The molecule has 0 saturated carbocycles. The Labute approximate surface area is 231 Å². The van der Waals surface area contributed by atoms with Crippen LogP contribution < -0.4 is 10.6 Å². The molecule has 5 rings (SSSR count). The van der Waals surface area contributed by atoms with E-state index in [-0.39, 0.29) is 30.0 Å². The van der Waals surface area contributed by atoms with Crippen molar-refractivity contribution in [2.45, 2.75) is 32.4 Å². The molecule has 0 spiro atoms. The van der Waals surface area contributed by atoms with Crippen LogP contribution in [0.25, 0.3) is 11.3 Å².